The monoisotopic (exact) mass is 459 g/mol. The Labute approximate surface area is 186 Å². The van der Waals surface area contributed by atoms with Crippen LogP contribution in [0.3, 0.4) is 0 Å². The van der Waals surface area contributed by atoms with Crippen LogP contribution in [0.15, 0.2) is 69.7 Å². The smallest absolute Gasteiger partial charge is 0.283 e. The zero-order chi connectivity index (χ0) is 20.9. The molecule has 1 amide bonds. The molecule has 0 saturated heterocycles. The van der Waals surface area contributed by atoms with E-state index < -0.39 is 0 Å². The van der Waals surface area contributed by atoms with Gasteiger partial charge in [0.2, 0.25) is 11.8 Å². The lowest BCUT2D eigenvalue weighted by molar-refractivity contribution is -0.113. The van der Waals surface area contributed by atoms with E-state index in [1.54, 1.807) is 48.5 Å². The summed E-state index contributed by atoms with van der Waals surface area (Å²) in [6.45, 7) is 0. The van der Waals surface area contributed by atoms with Gasteiger partial charge in [0, 0.05) is 27.0 Å². The summed E-state index contributed by atoms with van der Waals surface area (Å²) in [5.74, 6) is 1.79. The number of furan rings is 1. The number of aromatic nitrogens is 2. The first-order chi connectivity index (χ1) is 14.6. The van der Waals surface area contributed by atoms with Crippen molar-refractivity contribution in [1.29, 1.82) is 0 Å². The summed E-state index contributed by atoms with van der Waals surface area (Å²) in [5.41, 5.74) is 2.14. The van der Waals surface area contributed by atoms with Crippen LogP contribution in [0, 0.1) is 0 Å². The maximum atomic E-state index is 12.3. The van der Waals surface area contributed by atoms with Crippen molar-refractivity contribution in [3.8, 4) is 23.1 Å². The molecule has 0 spiro atoms. The van der Waals surface area contributed by atoms with Gasteiger partial charge in [0.15, 0.2) is 5.76 Å². The molecule has 0 aliphatic carbocycles. The van der Waals surface area contributed by atoms with Crippen LogP contribution in [0.5, 0.6) is 0 Å². The molecule has 2 aromatic heterocycles. The van der Waals surface area contributed by atoms with Crippen LogP contribution in [0.25, 0.3) is 23.1 Å². The maximum Gasteiger partial charge on any atom is 0.283 e. The molecule has 9 heteroatoms. The predicted molar refractivity (Wildman–Crippen MR) is 119 cm³/mol. The number of nitrogens with one attached hydrogen (secondary N) is 1. The fraction of sp³-hybridized carbons (Fsp3) is 0.0952. The van der Waals surface area contributed by atoms with Crippen LogP contribution in [0.2, 0.25) is 10.0 Å². The second kappa shape index (κ2) is 9.38. The zero-order valence-electron chi connectivity index (χ0n) is 15.5. The molecule has 152 valence electrons. The third-order valence-corrected chi connectivity index (χ3v) is 5.76. The normalized spacial score (nSPS) is 10.9. The van der Waals surface area contributed by atoms with Crippen molar-refractivity contribution in [2.45, 2.75) is 5.75 Å². The molecule has 2 aromatic carbocycles. The molecule has 0 radical (unpaired) electrons. The summed E-state index contributed by atoms with van der Waals surface area (Å²) in [4.78, 5) is 12.3. The first kappa shape index (κ1) is 20.5. The average molecular weight is 460 g/mol. The van der Waals surface area contributed by atoms with Crippen LogP contribution in [0.1, 0.15) is 5.56 Å². The van der Waals surface area contributed by atoms with Gasteiger partial charge in [-0.3, -0.25) is 4.79 Å². The van der Waals surface area contributed by atoms with Crippen molar-refractivity contribution < 1.29 is 13.6 Å². The second-order valence-electron chi connectivity index (χ2n) is 6.21. The molecule has 0 aliphatic rings. The fourth-order valence-corrected chi connectivity index (χ4v) is 4.25. The van der Waals surface area contributed by atoms with E-state index in [9.17, 15) is 4.79 Å². The molecule has 4 rings (SSSR count). The van der Waals surface area contributed by atoms with Crippen molar-refractivity contribution >= 4 is 46.6 Å². The molecule has 0 aliphatic heterocycles. The Balaban J connectivity index is 1.37. The first-order valence-corrected chi connectivity index (χ1v) is 10.8. The largest absolute Gasteiger partial charge is 0.459 e. The van der Waals surface area contributed by atoms with Crippen molar-refractivity contribution in [3.63, 3.8) is 0 Å². The van der Waals surface area contributed by atoms with Crippen LogP contribution in [-0.2, 0) is 10.5 Å². The third kappa shape index (κ3) is 4.87. The highest BCUT2D eigenvalue weighted by Gasteiger charge is 2.13. The van der Waals surface area contributed by atoms with Gasteiger partial charge in [0.05, 0.1) is 12.0 Å². The summed E-state index contributed by atoms with van der Waals surface area (Å²) in [7, 11) is 0. The zero-order valence-corrected chi connectivity index (χ0v) is 17.8. The Morgan fingerprint density at radius 2 is 1.77 bits per heavy atom. The minimum absolute atomic E-state index is 0.137. The highest BCUT2D eigenvalue weighted by molar-refractivity contribution is 7.99. The lowest BCUT2D eigenvalue weighted by Gasteiger charge is -2.08. The summed E-state index contributed by atoms with van der Waals surface area (Å²) < 4.78 is 10.9. The Hall–Kier alpha value is -2.74. The van der Waals surface area contributed by atoms with E-state index in [4.69, 9.17) is 32.0 Å². The number of anilines is 1. The lowest BCUT2D eigenvalue weighted by atomic mass is 10.2. The Morgan fingerprint density at radius 3 is 2.53 bits per heavy atom. The summed E-state index contributed by atoms with van der Waals surface area (Å²) in [6, 6.07) is 16.0. The maximum absolute atomic E-state index is 12.3. The van der Waals surface area contributed by atoms with Crippen molar-refractivity contribution in [3.05, 3.63) is 76.5 Å². The standard InChI is InChI=1S/C21H15Cl2N3O3S/c22-16-6-2-7-17(23)15(16)11-30-12-19(27)24-14-5-1-4-13(10-14)20-25-26-21(29-20)18-8-3-9-28-18/h1-10H,11-12H2,(H,24,27). The van der Waals surface area contributed by atoms with E-state index >= 15 is 0 Å². The molecule has 0 unspecified atom stereocenters. The number of nitrogens with zero attached hydrogens (tertiary/aromatic N) is 2. The molecule has 0 atom stereocenters. The number of rotatable bonds is 7. The molecule has 0 saturated carbocycles. The molecule has 0 bridgehead atoms. The van der Waals surface area contributed by atoms with Gasteiger partial charge in [0.1, 0.15) is 0 Å². The van der Waals surface area contributed by atoms with E-state index in [2.05, 4.69) is 15.5 Å². The van der Waals surface area contributed by atoms with Crippen LogP contribution in [-0.4, -0.2) is 21.9 Å². The minimum atomic E-state index is -0.137. The third-order valence-electron chi connectivity index (χ3n) is 4.09. The summed E-state index contributed by atoms with van der Waals surface area (Å²) in [6.07, 6.45) is 1.53. The quantitative estimate of drug-likeness (QED) is 0.355. The van der Waals surface area contributed by atoms with Gasteiger partial charge in [-0.25, -0.2) is 0 Å². The minimum Gasteiger partial charge on any atom is -0.459 e. The van der Waals surface area contributed by atoms with Crippen LogP contribution in [0.4, 0.5) is 5.69 Å². The van der Waals surface area contributed by atoms with Gasteiger partial charge in [-0.05, 0) is 48.0 Å². The van der Waals surface area contributed by atoms with Crippen LogP contribution >= 0.6 is 35.0 Å². The Bertz CT molecular complexity index is 1140. The molecular formula is C21H15Cl2N3O3S. The van der Waals surface area contributed by atoms with Gasteiger partial charge in [-0.15, -0.1) is 22.0 Å². The Morgan fingerprint density at radius 1 is 1.00 bits per heavy atom. The van der Waals surface area contributed by atoms with Gasteiger partial charge in [-0.2, -0.15) is 0 Å². The fourth-order valence-electron chi connectivity index (χ4n) is 2.68. The second-order valence-corrected chi connectivity index (χ2v) is 8.01. The van der Waals surface area contributed by atoms with Crippen molar-refractivity contribution in [2.24, 2.45) is 0 Å². The van der Waals surface area contributed by atoms with E-state index in [0.717, 1.165) is 5.56 Å². The van der Waals surface area contributed by atoms with E-state index in [-0.39, 0.29) is 11.7 Å². The molecule has 6 nitrogen and oxygen atoms in total. The number of amides is 1. The lowest BCUT2D eigenvalue weighted by Crippen LogP contribution is -2.14. The van der Waals surface area contributed by atoms with Crippen molar-refractivity contribution in [1.82, 2.24) is 10.2 Å². The highest BCUT2D eigenvalue weighted by atomic mass is 35.5. The number of hydrogen-bond acceptors (Lipinski definition) is 6. The SMILES string of the molecule is O=C(CSCc1c(Cl)cccc1Cl)Nc1cccc(-c2nnc(-c3ccco3)o2)c1. The number of benzene rings is 2. The summed E-state index contributed by atoms with van der Waals surface area (Å²) >= 11 is 13.8. The van der Waals surface area contributed by atoms with Gasteiger partial charge in [-0.1, -0.05) is 35.3 Å². The molecule has 2 heterocycles. The molecule has 1 N–H and O–H groups in total. The van der Waals surface area contributed by atoms with E-state index in [1.165, 1.54) is 18.0 Å². The number of thioether (sulfide) groups is 1. The topological polar surface area (TPSA) is 81.2 Å². The number of hydrogen-bond donors (Lipinski definition) is 1. The summed E-state index contributed by atoms with van der Waals surface area (Å²) in [5, 5.41) is 12.1. The molecule has 4 aromatic rings. The predicted octanol–water partition coefficient (Wildman–Crippen LogP) is 6.18. The van der Waals surface area contributed by atoms with Gasteiger partial charge in [0.25, 0.3) is 5.89 Å². The number of carbonyl (C=O) groups excluding carboxylic acids is 1. The average Bonchev–Trinajstić information content (AvgIpc) is 3.42. The first-order valence-electron chi connectivity index (χ1n) is 8.88. The van der Waals surface area contributed by atoms with Gasteiger partial charge >= 0.3 is 0 Å². The molecule has 30 heavy (non-hydrogen) atoms. The number of halogens is 2. The van der Waals surface area contributed by atoms with Crippen molar-refractivity contribution in [2.75, 3.05) is 11.1 Å². The van der Waals surface area contributed by atoms with E-state index in [0.29, 0.717) is 44.6 Å². The molecular weight excluding hydrogens is 445 g/mol. The number of carbonyl (C=O) groups is 1. The van der Waals surface area contributed by atoms with Gasteiger partial charge < -0.3 is 14.2 Å². The van der Waals surface area contributed by atoms with E-state index in [1.807, 2.05) is 6.07 Å². The van der Waals surface area contributed by atoms with Crippen LogP contribution < -0.4 is 5.32 Å². The molecule has 0 fully saturated rings. The highest BCUT2D eigenvalue weighted by Crippen LogP contribution is 2.29. The Kier molecular flexibility index (Phi) is 6.42.